The molecule has 1 aliphatic rings. The number of carbonyl (C=O) groups is 2. The second-order valence-corrected chi connectivity index (χ2v) is 5.27. The van der Waals surface area contributed by atoms with Crippen molar-refractivity contribution in [3.8, 4) is 0 Å². The highest BCUT2D eigenvalue weighted by Crippen LogP contribution is 2.30. The summed E-state index contributed by atoms with van der Waals surface area (Å²) in [6.45, 7) is 1.58. The summed E-state index contributed by atoms with van der Waals surface area (Å²) in [6.07, 6.45) is 0.987. The van der Waals surface area contributed by atoms with Crippen LogP contribution in [0.15, 0.2) is 28.7 Å². The standard InChI is InChI=1S/C13H14BrNO3/c1-8(18-13(17)9-2-3-9)12(16)15-11-6-4-10(14)5-7-11/h4-9H,2-3H2,1H3,(H,15,16)/t8-/m1/s1. The zero-order valence-corrected chi connectivity index (χ0v) is 11.6. The van der Waals surface area contributed by atoms with E-state index in [9.17, 15) is 9.59 Å². The Labute approximate surface area is 114 Å². The quantitative estimate of drug-likeness (QED) is 0.870. The summed E-state index contributed by atoms with van der Waals surface area (Å²) in [5.41, 5.74) is 0.678. The van der Waals surface area contributed by atoms with Gasteiger partial charge in [-0.15, -0.1) is 0 Å². The summed E-state index contributed by atoms with van der Waals surface area (Å²) in [7, 11) is 0. The highest BCUT2D eigenvalue weighted by Gasteiger charge is 2.33. The van der Waals surface area contributed by atoms with E-state index in [-0.39, 0.29) is 17.8 Å². The van der Waals surface area contributed by atoms with Crippen molar-refractivity contribution in [1.82, 2.24) is 0 Å². The van der Waals surface area contributed by atoms with Gasteiger partial charge in [-0.2, -0.15) is 0 Å². The van der Waals surface area contributed by atoms with E-state index in [2.05, 4.69) is 21.2 Å². The van der Waals surface area contributed by atoms with Crippen molar-refractivity contribution in [3.05, 3.63) is 28.7 Å². The predicted octanol–water partition coefficient (Wildman–Crippen LogP) is 2.73. The molecule has 1 aromatic carbocycles. The molecule has 0 bridgehead atoms. The van der Waals surface area contributed by atoms with Crippen LogP contribution in [0.5, 0.6) is 0 Å². The van der Waals surface area contributed by atoms with Crippen LogP contribution in [0.3, 0.4) is 0 Å². The third-order valence-corrected chi connectivity index (χ3v) is 3.21. The number of rotatable bonds is 4. The first-order valence-electron chi connectivity index (χ1n) is 5.83. The van der Waals surface area contributed by atoms with Gasteiger partial charge in [0.25, 0.3) is 5.91 Å². The predicted molar refractivity (Wildman–Crippen MR) is 71.0 cm³/mol. The monoisotopic (exact) mass is 311 g/mol. The van der Waals surface area contributed by atoms with Crippen LogP contribution < -0.4 is 5.32 Å². The molecular formula is C13H14BrNO3. The number of anilines is 1. The average molecular weight is 312 g/mol. The summed E-state index contributed by atoms with van der Waals surface area (Å²) >= 11 is 3.31. The van der Waals surface area contributed by atoms with Crippen molar-refractivity contribution >= 4 is 33.5 Å². The maximum absolute atomic E-state index is 11.8. The second kappa shape index (κ2) is 5.52. The number of ether oxygens (including phenoxy) is 1. The largest absolute Gasteiger partial charge is 0.452 e. The molecule has 1 aliphatic carbocycles. The van der Waals surface area contributed by atoms with Gasteiger partial charge in [0.2, 0.25) is 0 Å². The number of esters is 1. The Bertz CT molecular complexity index is 454. The molecule has 1 atom stereocenters. The van der Waals surface area contributed by atoms with E-state index in [1.807, 2.05) is 12.1 Å². The van der Waals surface area contributed by atoms with Crippen LogP contribution in [-0.2, 0) is 14.3 Å². The first-order valence-corrected chi connectivity index (χ1v) is 6.62. The number of benzene rings is 1. The fraction of sp³-hybridized carbons (Fsp3) is 0.385. The number of hydrogen-bond donors (Lipinski definition) is 1. The molecule has 18 heavy (non-hydrogen) atoms. The minimum Gasteiger partial charge on any atom is -0.452 e. The Morgan fingerprint density at radius 1 is 1.33 bits per heavy atom. The van der Waals surface area contributed by atoms with Gasteiger partial charge in [-0.3, -0.25) is 9.59 Å². The summed E-state index contributed by atoms with van der Waals surface area (Å²) in [5.74, 6) is -0.576. The third kappa shape index (κ3) is 3.57. The van der Waals surface area contributed by atoms with Crippen LogP contribution in [-0.4, -0.2) is 18.0 Å². The molecule has 2 rings (SSSR count). The lowest BCUT2D eigenvalue weighted by molar-refractivity contribution is -0.154. The minimum atomic E-state index is -0.762. The molecule has 1 saturated carbocycles. The molecule has 1 amide bonds. The summed E-state index contributed by atoms with van der Waals surface area (Å²) < 4.78 is 6.01. The number of amides is 1. The zero-order valence-electron chi connectivity index (χ0n) is 9.98. The highest BCUT2D eigenvalue weighted by molar-refractivity contribution is 9.10. The van der Waals surface area contributed by atoms with Gasteiger partial charge >= 0.3 is 5.97 Å². The van der Waals surface area contributed by atoms with Crippen molar-refractivity contribution in [1.29, 1.82) is 0 Å². The number of halogens is 1. The van der Waals surface area contributed by atoms with Crippen molar-refractivity contribution < 1.29 is 14.3 Å². The molecule has 0 aliphatic heterocycles. The Morgan fingerprint density at radius 2 is 1.94 bits per heavy atom. The molecule has 5 heteroatoms. The Kier molecular flexibility index (Phi) is 4.01. The number of hydrogen-bond acceptors (Lipinski definition) is 3. The molecule has 0 radical (unpaired) electrons. The van der Waals surface area contributed by atoms with E-state index in [0.717, 1.165) is 17.3 Å². The molecule has 4 nitrogen and oxygen atoms in total. The Balaban J connectivity index is 1.86. The maximum Gasteiger partial charge on any atom is 0.309 e. The molecule has 96 valence electrons. The molecule has 0 unspecified atom stereocenters. The van der Waals surface area contributed by atoms with Crippen LogP contribution >= 0.6 is 15.9 Å². The van der Waals surface area contributed by atoms with Crippen molar-refractivity contribution in [2.75, 3.05) is 5.32 Å². The van der Waals surface area contributed by atoms with E-state index in [4.69, 9.17) is 4.74 Å². The molecule has 1 aromatic rings. The van der Waals surface area contributed by atoms with Crippen LogP contribution in [0, 0.1) is 5.92 Å². The van der Waals surface area contributed by atoms with Crippen LogP contribution in [0.2, 0.25) is 0 Å². The van der Waals surface area contributed by atoms with Gasteiger partial charge in [0.15, 0.2) is 6.10 Å². The van der Waals surface area contributed by atoms with Crippen LogP contribution in [0.25, 0.3) is 0 Å². The second-order valence-electron chi connectivity index (χ2n) is 4.35. The lowest BCUT2D eigenvalue weighted by Crippen LogP contribution is -2.30. The average Bonchev–Trinajstić information content (AvgIpc) is 3.16. The molecule has 0 heterocycles. The molecule has 1 fully saturated rings. The summed E-state index contributed by atoms with van der Waals surface area (Å²) in [5, 5.41) is 2.70. The fourth-order valence-corrected chi connectivity index (χ4v) is 1.68. The third-order valence-electron chi connectivity index (χ3n) is 2.68. The van der Waals surface area contributed by atoms with Crippen molar-refractivity contribution in [2.45, 2.75) is 25.9 Å². The van der Waals surface area contributed by atoms with Gasteiger partial charge in [-0.05, 0) is 44.0 Å². The van der Waals surface area contributed by atoms with E-state index < -0.39 is 6.10 Å². The van der Waals surface area contributed by atoms with Gasteiger partial charge in [0.1, 0.15) is 0 Å². The van der Waals surface area contributed by atoms with Gasteiger partial charge in [-0.25, -0.2) is 0 Å². The summed E-state index contributed by atoms with van der Waals surface area (Å²) in [6, 6.07) is 7.21. The Hall–Kier alpha value is -1.36. The SMILES string of the molecule is C[C@@H](OC(=O)C1CC1)C(=O)Nc1ccc(Br)cc1. The molecule has 0 aromatic heterocycles. The molecule has 1 N–H and O–H groups in total. The van der Waals surface area contributed by atoms with Gasteiger partial charge in [0, 0.05) is 10.2 Å². The highest BCUT2D eigenvalue weighted by atomic mass is 79.9. The first-order chi connectivity index (χ1) is 8.56. The maximum atomic E-state index is 11.8. The fourth-order valence-electron chi connectivity index (χ4n) is 1.42. The van der Waals surface area contributed by atoms with Gasteiger partial charge < -0.3 is 10.1 Å². The normalized spacial score (nSPS) is 15.9. The van der Waals surface area contributed by atoms with E-state index in [1.54, 1.807) is 19.1 Å². The minimum absolute atomic E-state index is 0.00734. The lowest BCUT2D eigenvalue weighted by atomic mass is 10.3. The first kappa shape index (κ1) is 13.1. The molecule has 0 spiro atoms. The van der Waals surface area contributed by atoms with E-state index >= 15 is 0 Å². The van der Waals surface area contributed by atoms with Crippen LogP contribution in [0.4, 0.5) is 5.69 Å². The molecular weight excluding hydrogens is 298 g/mol. The number of carbonyl (C=O) groups excluding carboxylic acids is 2. The zero-order chi connectivity index (χ0) is 13.1. The van der Waals surface area contributed by atoms with Gasteiger partial charge in [0.05, 0.1) is 5.92 Å². The van der Waals surface area contributed by atoms with Crippen LogP contribution in [0.1, 0.15) is 19.8 Å². The van der Waals surface area contributed by atoms with E-state index in [1.165, 1.54) is 0 Å². The van der Waals surface area contributed by atoms with Crippen molar-refractivity contribution in [3.63, 3.8) is 0 Å². The van der Waals surface area contributed by atoms with Crippen molar-refractivity contribution in [2.24, 2.45) is 5.92 Å². The smallest absolute Gasteiger partial charge is 0.309 e. The lowest BCUT2D eigenvalue weighted by Gasteiger charge is -2.13. The topological polar surface area (TPSA) is 55.4 Å². The summed E-state index contributed by atoms with van der Waals surface area (Å²) in [4.78, 5) is 23.2. The molecule has 0 saturated heterocycles. The van der Waals surface area contributed by atoms with Gasteiger partial charge in [-0.1, -0.05) is 15.9 Å². The van der Waals surface area contributed by atoms with E-state index in [0.29, 0.717) is 5.69 Å². The number of nitrogens with one attached hydrogen (secondary N) is 1. The Morgan fingerprint density at radius 3 is 2.50 bits per heavy atom.